The van der Waals surface area contributed by atoms with E-state index in [1.807, 2.05) is 0 Å². The van der Waals surface area contributed by atoms with Crippen molar-refractivity contribution in [3.63, 3.8) is 0 Å². The predicted molar refractivity (Wildman–Crippen MR) is 302 cm³/mol. The Morgan fingerprint density at radius 2 is 0.811 bits per heavy atom. The third kappa shape index (κ3) is 5.16. The Morgan fingerprint density at radius 3 is 1.46 bits per heavy atom. The summed E-state index contributed by atoms with van der Waals surface area (Å²) in [6, 6.07) is 81.5. The molecule has 0 bridgehead atoms. The number of hydrogen-bond donors (Lipinski definition) is 0. The molecule has 4 heteroatoms. The minimum atomic E-state index is -0.565. The maximum atomic E-state index is 6.94. The van der Waals surface area contributed by atoms with Gasteiger partial charge in [0.05, 0.1) is 21.0 Å². The normalized spacial score (nSPS) is 17.3. The Balaban J connectivity index is 0.885. The number of para-hydroxylation sites is 2. The maximum absolute atomic E-state index is 6.94. The average molecular weight is 965 g/mol. The molecule has 4 aliphatic rings. The first-order chi connectivity index (χ1) is 36.2. The van der Waals surface area contributed by atoms with E-state index in [1.165, 1.54) is 93.7 Å². The highest BCUT2D eigenvalue weighted by Gasteiger charge is 2.55. The fourth-order valence-electron chi connectivity index (χ4n) is 14.6. The Kier molecular flexibility index (Phi) is 8.32. The highest BCUT2D eigenvalue weighted by atomic mass is 32.1. The summed E-state index contributed by atoms with van der Waals surface area (Å²) in [5, 5.41) is 1.05. The van der Waals surface area contributed by atoms with Gasteiger partial charge in [0.1, 0.15) is 10.5 Å². The molecular weight excluding hydrogens is 917 g/mol. The number of thiazole rings is 1. The van der Waals surface area contributed by atoms with Gasteiger partial charge in [-0.3, -0.25) is 0 Å². The molecule has 0 N–H and O–H groups in total. The molecule has 1 atom stereocenters. The number of benzene rings is 10. The van der Waals surface area contributed by atoms with Crippen LogP contribution in [0.2, 0.25) is 0 Å². The Hall–Kier alpha value is -8.44. The molecule has 2 heterocycles. The SMILES string of the molecule is CC1(C)c2ccccc2C2(c3ccccc3-c3ccccc32)c2ccc(-c3nc4c(-c5cccc6c5-c5ccccc5C65c6ccccc6C(C)(C)c6cc(-c7nc8ccccc8s7)ccc65)cccc4o3)cc21. The second-order valence-electron chi connectivity index (χ2n) is 21.9. The summed E-state index contributed by atoms with van der Waals surface area (Å²) < 4.78 is 8.14. The molecule has 2 aromatic heterocycles. The molecule has 350 valence electrons. The van der Waals surface area contributed by atoms with Gasteiger partial charge in [-0.25, -0.2) is 9.97 Å². The zero-order valence-corrected chi connectivity index (χ0v) is 42.3. The molecule has 0 saturated carbocycles. The Labute approximate surface area is 434 Å². The summed E-state index contributed by atoms with van der Waals surface area (Å²) >= 11 is 1.77. The zero-order valence-electron chi connectivity index (χ0n) is 41.5. The van der Waals surface area contributed by atoms with E-state index >= 15 is 0 Å². The lowest BCUT2D eigenvalue weighted by Gasteiger charge is -2.46. The van der Waals surface area contributed by atoms with Crippen molar-refractivity contribution in [2.75, 3.05) is 0 Å². The molecule has 10 aromatic carbocycles. The molecule has 0 radical (unpaired) electrons. The summed E-state index contributed by atoms with van der Waals surface area (Å²) in [6.07, 6.45) is 0. The third-order valence-electron chi connectivity index (χ3n) is 17.7. The van der Waals surface area contributed by atoms with Crippen LogP contribution < -0.4 is 0 Å². The Bertz CT molecular complexity index is 4330. The van der Waals surface area contributed by atoms with Crippen molar-refractivity contribution in [3.05, 3.63) is 285 Å². The predicted octanol–water partition coefficient (Wildman–Crippen LogP) is 17.4. The minimum absolute atomic E-state index is 0.274. The topological polar surface area (TPSA) is 38.9 Å². The molecule has 3 nitrogen and oxygen atoms in total. The first-order valence-electron chi connectivity index (χ1n) is 25.9. The van der Waals surface area contributed by atoms with Crippen molar-refractivity contribution in [1.29, 1.82) is 0 Å². The summed E-state index contributed by atoms with van der Waals surface area (Å²) in [7, 11) is 0. The van der Waals surface area contributed by atoms with Gasteiger partial charge in [-0.15, -0.1) is 11.3 Å². The molecule has 1 unspecified atom stereocenters. The quantitative estimate of drug-likeness (QED) is 0.177. The fourth-order valence-corrected chi connectivity index (χ4v) is 15.5. The molecule has 74 heavy (non-hydrogen) atoms. The minimum Gasteiger partial charge on any atom is -0.436 e. The van der Waals surface area contributed by atoms with E-state index in [0.717, 1.165) is 43.9 Å². The van der Waals surface area contributed by atoms with E-state index in [2.05, 4.69) is 246 Å². The van der Waals surface area contributed by atoms with Gasteiger partial charge in [-0.05, 0) is 131 Å². The van der Waals surface area contributed by atoms with Gasteiger partial charge >= 0.3 is 0 Å². The van der Waals surface area contributed by atoms with Crippen molar-refractivity contribution in [1.82, 2.24) is 9.97 Å². The smallest absolute Gasteiger partial charge is 0.227 e. The highest BCUT2D eigenvalue weighted by Crippen LogP contribution is 2.65. The van der Waals surface area contributed by atoms with Crippen molar-refractivity contribution in [2.24, 2.45) is 0 Å². The van der Waals surface area contributed by atoms with Crippen LogP contribution in [0.4, 0.5) is 0 Å². The number of nitrogens with zero attached hydrogens (tertiary/aromatic N) is 2. The van der Waals surface area contributed by atoms with Gasteiger partial charge < -0.3 is 4.42 Å². The van der Waals surface area contributed by atoms with Gasteiger partial charge in [0, 0.05) is 27.5 Å². The van der Waals surface area contributed by atoms with Gasteiger partial charge in [-0.1, -0.05) is 210 Å². The molecule has 0 aliphatic heterocycles. The first-order valence-corrected chi connectivity index (χ1v) is 26.7. The number of aromatic nitrogens is 2. The van der Waals surface area contributed by atoms with Crippen molar-refractivity contribution < 1.29 is 4.42 Å². The molecule has 2 spiro atoms. The van der Waals surface area contributed by atoms with Gasteiger partial charge in [0.25, 0.3) is 0 Å². The average Bonchev–Trinajstić information content (AvgIpc) is 4.38. The largest absolute Gasteiger partial charge is 0.436 e. The molecule has 0 saturated heterocycles. The number of rotatable bonds is 3. The lowest BCUT2D eigenvalue weighted by atomic mass is 9.55. The molecule has 16 rings (SSSR count). The van der Waals surface area contributed by atoms with Crippen molar-refractivity contribution in [3.8, 4) is 55.4 Å². The molecular formula is C70H48N2OS. The van der Waals surface area contributed by atoms with E-state index in [0.29, 0.717) is 5.89 Å². The van der Waals surface area contributed by atoms with Crippen LogP contribution in [0.25, 0.3) is 76.7 Å². The molecule has 12 aromatic rings. The third-order valence-corrected chi connectivity index (χ3v) is 18.8. The summed E-state index contributed by atoms with van der Waals surface area (Å²) in [5.74, 6) is 0.622. The fraction of sp³-hybridized carbons (Fsp3) is 0.114. The molecule has 4 aliphatic carbocycles. The first kappa shape index (κ1) is 42.1. The summed E-state index contributed by atoms with van der Waals surface area (Å²) in [6.45, 7) is 9.55. The maximum Gasteiger partial charge on any atom is 0.227 e. The summed E-state index contributed by atoms with van der Waals surface area (Å²) in [5.41, 5.74) is 26.4. The van der Waals surface area contributed by atoms with Crippen molar-refractivity contribution >= 4 is 32.7 Å². The number of fused-ring (bicyclic) bond motifs is 20. The van der Waals surface area contributed by atoms with Crippen LogP contribution in [-0.4, -0.2) is 9.97 Å². The van der Waals surface area contributed by atoms with E-state index in [-0.39, 0.29) is 10.8 Å². The van der Waals surface area contributed by atoms with Crippen LogP contribution in [0.5, 0.6) is 0 Å². The lowest BCUT2D eigenvalue weighted by Crippen LogP contribution is -2.40. The van der Waals surface area contributed by atoms with Crippen LogP contribution in [0.15, 0.2) is 223 Å². The van der Waals surface area contributed by atoms with Crippen LogP contribution >= 0.6 is 11.3 Å². The lowest BCUT2D eigenvalue weighted by molar-refractivity contribution is 0.562. The van der Waals surface area contributed by atoms with Crippen LogP contribution in [-0.2, 0) is 21.7 Å². The van der Waals surface area contributed by atoms with E-state index < -0.39 is 10.8 Å². The zero-order chi connectivity index (χ0) is 49.3. The van der Waals surface area contributed by atoms with Crippen LogP contribution in [0.3, 0.4) is 0 Å². The number of oxazole rings is 1. The molecule has 0 amide bonds. The second-order valence-corrected chi connectivity index (χ2v) is 22.9. The van der Waals surface area contributed by atoms with E-state index in [4.69, 9.17) is 14.4 Å². The standard InChI is InChI=1S/C70H48N2OS/c1-67(2)51-27-11-13-29-53(51)69(48-24-8-5-19-43(48)44-20-6-9-25-49(44)69)55-37-35-41(39-58(55)67)65-72-64-46(23-18-33-61(64)73-65)45-22-17-31-57-63(45)47-21-7-10-26-50(47)70(57)54-30-14-12-28-52(54)68(3,4)59-40-42(36-38-56(59)70)66-71-60-32-15-16-34-62(60)74-66/h5-40H,1-4H3. The van der Waals surface area contributed by atoms with E-state index in [1.54, 1.807) is 11.3 Å². The van der Waals surface area contributed by atoms with Crippen LogP contribution in [0.1, 0.15) is 94.5 Å². The second kappa shape index (κ2) is 14.6. The Morgan fingerprint density at radius 1 is 0.351 bits per heavy atom. The van der Waals surface area contributed by atoms with Crippen LogP contribution in [0, 0.1) is 0 Å². The van der Waals surface area contributed by atoms with Gasteiger partial charge in [-0.2, -0.15) is 0 Å². The highest BCUT2D eigenvalue weighted by molar-refractivity contribution is 7.21. The molecule has 0 fully saturated rings. The van der Waals surface area contributed by atoms with Crippen molar-refractivity contribution in [2.45, 2.75) is 49.4 Å². The number of hydrogen-bond acceptors (Lipinski definition) is 4. The monoisotopic (exact) mass is 964 g/mol. The van der Waals surface area contributed by atoms with Gasteiger partial charge in [0.15, 0.2) is 5.58 Å². The van der Waals surface area contributed by atoms with Gasteiger partial charge in [0.2, 0.25) is 5.89 Å². The summed E-state index contributed by atoms with van der Waals surface area (Å²) in [4.78, 5) is 10.7. The van der Waals surface area contributed by atoms with E-state index in [9.17, 15) is 0 Å².